The van der Waals surface area contributed by atoms with Crippen LogP contribution in [0.2, 0.25) is 0 Å². The first kappa shape index (κ1) is 14.5. The fourth-order valence-corrected chi connectivity index (χ4v) is 2.90. The van der Waals surface area contributed by atoms with E-state index in [-0.39, 0.29) is 0 Å². The Morgan fingerprint density at radius 1 is 1.42 bits per heavy atom. The molecule has 0 fully saturated rings. The molecule has 4 heteroatoms. The Bertz CT molecular complexity index is 551. The van der Waals surface area contributed by atoms with Crippen molar-refractivity contribution < 1.29 is 5.11 Å². The van der Waals surface area contributed by atoms with Crippen LogP contribution in [-0.4, -0.2) is 14.7 Å². The second kappa shape index (κ2) is 6.52. The quantitative estimate of drug-likeness (QED) is 0.819. The van der Waals surface area contributed by atoms with Crippen molar-refractivity contribution >= 4 is 22.6 Å². The SMILES string of the molecule is CCCn1ccnc1CC(O)c1cccc(C)c1I. The van der Waals surface area contributed by atoms with Crippen molar-refractivity contribution in [3.8, 4) is 0 Å². The highest BCUT2D eigenvalue weighted by molar-refractivity contribution is 14.1. The van der Waals surface area contributed by atoms with Gasteiger partial charge in [-0.15, -0.1) is 0 Å². The van der Waals surface area contributed by atoms with E-state index in [1.807, 2.05) is 18.3 Å². The van der Waals surface area contributed by atoms with Crippen molar-refractivity contribution in [2.45, 2.75) is 39.3 Å². The van der Waals surface area contributed by atoms with Gasteiger partial charge in [0.2, 0.25) is 0 Å². The van der Waals surface area contributed by atoms with Crippen LogP contribution in [0.3, 0.4) is 0 Å². The van der Waals surface area contributed by atoms with Crippen LogP contribution in [0.4, 0.5) is 0 Å². The molecule has 1 unspecified atom stereocenters. The van der Waals surface area contributed by atoms with Crippen molar-refractivity contribution in [1.29, 1.82) is 0 Å². The van der Waals surface area contributed by atoms with Crippen LogP contribution in [0.25, 0.3) is 0 Å². The van der Waals surface area contributed by atoms with Crippen LogP contribution in [0.1, 0.15) is 36.4 Å². The lowest BCUT2D eigenvalue weighted by atomic mass is 10.0. The second-order valence-electron chi connectivity index (χ2n) is 4.73. The molecule has 2 aromatic rings. The van der Waals surface area contributed by atoms with Crippen molar-refractivity contribution in [3.05, 3.63) is 51.1 Å². The fraction of sp³-hybridized carbons (Fsp3) is 0.400. The largest absolute Gasteiger partial charge is 0.388 e. The van der Waals surface area contributed by atoms with Gasteiger partial charge in [-0.2, -0.15) is 0 Å². The number of halogens is 1. The van der Waals surface area contributed by atoms with E-state index in [1.54, 1.807) is 6.20 Å². The predicted molar refractivity (Wildman–Crippen MR) is 85.1 cm³/mol. The number of hydrogen-bond donors (Lipinski definition) is 1. The van der Waals surface area contributed by atoms with Gasteiger partial charge in [-0.05, 0) is 47.1 Å². The number of benzene rings is 1. The van der Waals surface area contributed by atoms with Gasteiger partial charge in [0, 0.05) is 28.9 Å². The third-order valence-electron chi connectivity index (χ3n) is 3.22. The molecule has 0 spiro atoms. The van der Waals surface area contributed by atoms with Gasteiger partial charge < -0.3 is 9.67 Å². The fourth-order valence-electron chi connectivity index (χ4n) is 2.18. The van der Waals surface area contributed by atoms with E-state index >= 15 is 0 Å². The number of aromatic nitrogens is 2. The maximum absolute atomic E-state index is 10.4. The summed E-state index contributed by atoms with van der Waals surface area (Å²) in [6, 6.07) is 6.05. The number of hydrogen-bond acceptors (Lipinski definition) is 2. The Kier molecular flexibility index (Phi) is 4.99. The maximum Gasteiger partial charge on any atom is 0.111 e. The highest BCUT2D eigenvalue weighted by atomic mass is 127. The summed E-state index contributed by atoms with van der Waals surface area (Å²) < 4.78 is 3.26. The second-order valence-corrected chi connectivity index (χ2v) is 5.81. The molecule has 2 rings (SSSR count). The average Bonchev–Trinajstić information content (AvgIpc) is 2.80. The van der Waals surface area contributed by atoms with E-state index in [4.69, 9.17) is 0 Å². The molecular formula is C15H19IN2O. The smallest absolute Gasteiger partial charge is 0.111 e. The molecule has 0 aliphatic heterocycles. The van der Waals surface area contributed by atoms with E-state index < -0.39 is 6.10 Å². The van der Waals surface area contributed by atoms with Crippen molar-refractivity contribution in [2.75, 3.05) is 0 Å². The monoisotopic (exact) mass is 370 g/mol. The summed E-state index contributed by atoms with van der Waals surface area (Å²) in [4.78, 5) is 4.35. The summed E-state index contributed by atoms with van der Waals surface area (Å²) in [5.41, 5.74) is 2.20. The molecular weight excluding hydrogens is 351 g/mol. The first-order valence-electron chi connectivity index (χ1n) is 6.56. The van der Waals surface area contributed by atoms with Crippen LogP contribution in [-0.2, 0) is 13.0 Å². The maximum atomic E-state index is 10.4. The number of aliphatic hydroxyl groups excluding tert-OH is 1. The summed E-state index contributed by atoms with van der Waals surface area (Å²) in [5.74, 6) is 0.951. The summed E-state index contributed by atoms with van der Waals surface area (Å²) in [7, 11) is 0. The van der Waals surface area contributed by atoms with Crippen molar-refractivity contribution in [2.24, 2.45) is 0 Å². The third-order valence-corrected chi connectivity index (χ3v) is 4.70. The first-order chi connectivity index (χ1) is 9.13. The Hall–Kier alpha value is -0.880. The van der Waals surface area contributed by atoms with E-state index in [9.17, 15) is 5.11 Å². The van der Waals surface area contributed by atoms with Crippen LogP contribution < -0.4 is 0 Å². The molecule has 3 nitrogen and oxygen atoms in total. The molecule has 1 heterocycles. The summed E-state index contributed by atoms with van der Waals surface area (Å²) in [6.45, 7) is 5.16. The Morgan fingerprint density at radius 3 is 2.95 bits per heavy atom. The first-order valence-corrected chi connectivity index (χ1v) is 7.64. The number of rotatable bonds is 5. The Balaban J connectivity index is 2.18. The lowest BCUT2D eigenvalue weighted by Gasteiger charge is -2.15. The molecule has 1 aromatic heterocycles. The minimum absolute atomic E-state index is 0.496. The summed E-state index contributed by atoms with van der Waals surface area (Å²) >= 11 is 2.30. The topological polar surface area (TPSA) is 38.0 Å². The van der Waals surface area contributed by atoms with Crippen molar-refractivity contribution in [1.82, 2.24) is 9.55 Å². The Morgan fingerprint density at radius 2 is 2.21 bits per heavy atom. The van der Waals surface area contributed by atoms with Gasteiger partial charge >= 0.3 is 0 Å². The molecule has 0 radical (unpaired) electrons. The molecule has 19 heavy (non-hydrogen) atoms. The molecule has 0 saturated carbocycles. The number of aryl methyl sites for hydroxylation is 2. The molecule has 1 aromatic carbocycles. The standard InChI is InChI=1S/C15H19IN2O/c1-3-8-18-9-7-17-14(18)10-13(19)12-6-4-5-11(2)15(12)16/h4-7,9,13,19H,3,8,10H2,1-2H3. The molecule has 0 amide bonds. The van der Waals surface area contributed by atoms with E-state index in [0.29, 0.717) is 6.42 Å². The number of nitrogens with zero attached hydrogens (tertiary/aromatic N) is 2. The third kappa shape index (κ3) is 3.36. The van der Waals surface area contributed by atoms with Gasteiger partial charge in [-0.1, -0.05) is 25.1 Å². The molecule has 1 N–H and O–H groups in total. The lowest BCUT2D eigenvalue weighted by Crippen LogP contribution is -2.10. The van der Waals surface area contributed by atoms with Crippen LogP contribution in [0.15, 0.2) is 30.6 Å². The predicted octanol–water partition coefficient (Wildman–Crippen LogP) is 3.48. The highest BCUT2D eigenvalue weighted by Crippen LogP contribution is 2.25. The van der Waals surface area contributed by atoms with Crippen LogP contribution >= 0.6 is 22.6 Å². The highest BCUT2D eigenvalue weighted by Gasteiger charge is 2.15. The van der Waals surface area contributed by atoms with Crippen LogP contribution in [0, 0.1) is 10.5 Å². The molecule has 0 bridgehead atoms. The van der Waals surface area contributed by atoms with Gasteiger partial charge in [0.1, 0.15) is 5.82 Å². The minimum Gasteiger partial charge on any atom is -0.388 e. The average molecular weight is 370 g/mol. The molecule has 1 atom stereocenters. The number of imidazole rings is 1. The Labute approximate surface area is 127 Å². The summed E-state index contributed by atoms with van der Waals surface area (Å²) in [5, 5.41) is 10.4. The zero-order valence-electron chi connectivity index (χ0n) is 11.3. The number of aliphatic hydroxyl groups is 1. The van der Waals surface area contributed by atoms with Gasteiger partial charge in [-0.25, -0.2) is 4.98 Å². The van der Waals surface area contributed by atoms with Gasteiger partial charge in [-0.3, -0.25) is 0 Å². The van der Waals surface area contributed by atoms with Crippen molar-refractivity contribution in [3.63, 3.8) is 0 Å². The van der Waals surface area contributed by atoms with Crippen LogP contribution in [0.5, 0.6) is 0 Å². The molecule has 0 saturated heterocycles. The van der Waals surface area contributed by atoms with Gasteiger partial charge in [0.05, 0.1) is 6.10 Å². The normalized spacial score (nSPS) is 12.6. The van der Waals surface area contributed by atoms with E-state index in [2.05, 4.69) is 52.1 Å². The van der Waals surface area contributed by atoms with Gasteiger partial charge in [0.25, 0.3) is 0 Å². The zero-order chi connectivity index (χ0) is 13.8. The zero-order valence-corrected chi connectivity index (χ0v) is 13.5. The molecule has 0 aliphatic carbocycles. The summed E-state index contributed by atoms with van der Waals surface area (Å²) in [6.07, 6.45) is 4.92. The lowest BCUT2D eigenvalue weighted by molar-refractivity contribution is 0.173. The minimum atomic E-state index is -0.496. The van der Waals surface area contributed by atoms with E-state index in [0.717, 1.165) is 27.9 Å². The molecule has 0 aliphatic rings. The molecule has 102 valence electrons. The van der Waals surface area contributed by atoms with Gasteiger partial charge in [0.15, 0.2) is 0 Å². The van der Waals surface area contributed by atoms with E-state index in [1.165, 1.54) is 5.56 Å².